The summed E-state index contributed by atoms with van der Waals surface area (Å²) >= 11 is 6.28. The second-order valence-electron chi connectivity index (χ2n) is 11.5. The van der Waals surface area contributed by atoms with Crippen LogP contribution in [0.4, 0.5) is 4.79 Å². The molecule has 2 saturated carbocycles. The topological polar surface area (TPSA) is 153 Å². The van der Waals surface area contributed by atoms with E-state index in [2.05, 4.69) is 15.0 Å². The van der Waals surface area contributed by atoms with Crippen LogP contribution in [0.15, 0.2) is 36.4 Å². The number of hydrogen-bond acceptors (Lipinski definition) is 9. The lowest BCUT2D eigenvalue weighted by Crippen LogP contribution is -2.56. The molecule has 230 valence electrons. The number of carbonyl (C=O) groups is 3. The van der Waals surface area contributed by atoms with E-state index >= 15 is 0 Å². The molecular weight excluding hydrogens is 600 g/mol. The molecule has 1 saturated heterocycles. The molecule has 2 aliphatic heterocycles. The summed E-state index contributed by atoms with van der Waals surface area (Å²) in [6.45, 7) is 0.224. The number of methoxy groups -OCH3 is 1. The number of nitrogens with zero attached hydrogens (tertiary/aromatic N) is 2. The molecule has 2 N–H and O–H groups in total. The molecule has 3 fully saturated rings. The molecule has 12 nitrogen and oxygen atoms in total. The standard InChI is InChI=1S/C29H33ClN4O8S/c1-40-19-7-10-22-17(12-19)13-24(30)31-26(22)42-20-14-23-25(35)32-29(27(36)33-43(38,39)21-8-9-21)15-18(29)6-4-2-3-5-11-41-28(37)34(23)16-20/h4,6-7,10,12-13,18,20-21,23H,2-3,5,8-9,11,14-16H2,1H3,(H,32,35)(H,33,36)/b6-4-/t18-,20-,23?,29-/m1/s1. The van der Waals surface area contributed by atoms with Gasteiger partial charge in [0.25, 0.3) is 5.91 Å². The summed E-state index contributed by atoms with van der Waals surface area (Å²) in [5.41, 5.74) is -1.43. The Hall–Kier alpha value is -3.58. The third-order valence-electron chi connectivity index (χ3n) is 8.37. The van der Waals surface area contributed by atoms with Crippen LogP contribution in [0.25, 0.3) is 10.8 Å². The van der Waals surface area contributed by atoms with Crippen LogP contribution < -0.4 is 19.5 Å². The number of nitrogens with one attached hydrogen (secondary N) is 2. The summed E-state index contributed by atoms with van der Waals surface area (Å²) in [5, 5.41) is 3.83. The van der Waals surface area contributed by atoms with E-state index in [1.165, 1.54) is 4.90 Å². The summed E-state index contributed by atoms with van der Waals surface area (Å²) in [6.07, 6.45) is 5.85. The fraction of sp³-hybridized carbons (Fsp3) is 0.517. The van der Waals surface area contributed by atoms with Crippen LogP contribution in [-0.2, 0) is 24.3 Å². The van der Waals surface area contributed by atoms with E-state index in [-0.39, 0.29) is 42.9 Å². The largest absolute Gasteiger partial charge is 0.497 e. The summed E-state index contributed by atoms with van der Waals surface area (Å²) < 4.78 is 44.4. The number of cyclic esters (lactones) is 1. The zero-order valence-electron chi connectivity index (χ0n) is 23.6. The van der Waals surface area contributed by atoms with Crippen molar-refractivity contribution in [3.05, 3.63) is 41.6 Å². The van der Waals surface area contributed by atoms with Crippen molar-refractivity contribution in [2.45, 2.75) is 67.9 Å². The molecule has 6 rings (SSSR count). The molecule has 43 heavy (non-hydrogen) atoms. The van der Waals surface area contributed by atoms with Crippen LogP contribution >= 0.6 is 11.6 Å². The number of hydrogen-bond donors (Lipinski definition) is 2. The Balaban J connectivity index is 1.26. The van der Waals surface area contributed by atoms with Gasteiger partial charge in [-0.1, -0.05) is 23.8 Å². The molecule has 0 bridgehead atoms. The minimum Gasteiger partial charge on any atom is -0.497 e. The lowest BCUT2D eigenvalue weighted by Gasteiger charge is -2.26. The number of aromatic nitrogens is 1. The Morgan fingerprint density at radius 2 is 2.05 bits per heavy atom. The van der Waals surface area contributed by atoms with E-state index in [1.807, 2.05) is 12.2 Å². The minimum atomic E-state index is -3.83. The number of ether oxygens (including phenoxy) is 3. The van der Waals surface area contributed by atoms with Gasteiger partial charge in [0.15, 0.2) is 0 Å². The molecule has 2 aliphatic carbocycles. The highest BCUT2D eigenvalue weighted by molar-refractivity contribution is 7.91. The van der Waals surface area contributed by atoms with Crippen molar-refractivity contribution in [1.29, 1.82) is 0 Å². The maximum absolute atomic E-state index is 13.8. The molecule has 1 unspecified atom stereocenters. The van der Waals surface area contributed by atoms with Crippen molar-refractivity contribution < 1.29 is 37.0 Å². The molecule has 3 amide bonds. The first-order valence-corrected chi connectivity index (χ1v) is 16.3. The smallest absolute Gasteiger partial charge is 0.410 e. The number of pyridine rings is 1. The van der Waals surface area contributed by atoms with Gasteiger partial charge in [0, 0.05) is 17.7 Å². The maximum Gasteiger partial charge on any atom is 0.410 e. The molecule has 1 aromatic heterocycles. The fourth-order valence-corrected chi connectivity index (χ4v) is 7.27. The van der Waals surface area contributed by atoms with E-state index in [1.54, 1.807) is 31.4 Å². The number of halogens is 1. The molecule has 14 heteroatoms. The Morgan fingerprint density at radius 3 is 2.81 bits per heavy atom. The average Bonchev–Trinajstić information content (AvgIpc) is 3.89. The molecule has 0 spiro atoms. The average molecular weight is 633 g/mol. The minimum absolute atomic E-state index is 0.0291. The van der Waals surface area contributed by atoms with Crippen molar-refractivity contribution in [3.63, 3.8) is 0 Å². The highest BCUT2D eigenvalue weighted by atomic mass is 35.5. The first-order valence-electron chi connectivity index (χ1n) is 14.4. The van der Waals surface area contributed by atoms with Gasteiger partial charge in [-0.05, 0) is 68.2 Å². The Bertz CT molecular complexity index is 1600. The Kier molecular flexibility index (Phi) is 7.88. The van der Waals surface area contributed by atoms with E-state index in [0.29, 0.717) is 36.8 Å². The third kappa shape index (κ3) is 6.10. The van der Waals surface area contributed by atoms with E-state index in [9.17, 15) is 22.8 Å². The van der Waals surface area contributed by atoms with Crippen molar-refractivity contribution in [3.8, 4) is 11.6 Å². The normalized spacial score (nSPS) is 28.5. The molecule has 4 aliphatic rings. The van der Waals surface area contributed by atoms with Gasteiger partial charge in [0.1, 0.15) is 28.6 Å². The molecule has 0 radical (unpaired) electrons. The van der Waals surface area contributed by atoms with Gasteiger partial charge >= 0.3 is 6.09 Å². The zero-order chi connectivity index (χ0) is 30.4. The molecular formula is C29H33ClN4O8S. The van der Waals surface area contributed by atoms with Crippen molar-refractivity contribution >= 4 is 50.3 Å². The number of rotatable bonds is 6. The number of allylic oxidation sites excluding steroid dienone is 1. The molecule has 1 aromatic carbocycles. The number of sulfonamides is 1. The lowest BCUT2D eigenvalue weighted by atomic mass is 10.1. The number of amides is 3. The Labute approximate surface area is 254 Å². The molecule has 3 heterocycles. The summed E-state index contributed by atoms with van der Waals surface area (Å²) in [6, 6.07) is 6.01. The second kappa shape index (κ2) is 11.5. The summed E-state index contributed by atoms with van der Waals surface area (Å²) in [4.78, 5) is 45.9. The number of benzene rings is 1. The first kappa shape index (κ1) is 29.5. The first-order chi connectivity index (χ1) is 20.6. The van der Waals surface area contributed by atoms with Crippen molar-refractivity contribution in [1.82, 2.24) is 19.9 Å². The predicted molar refractivity (Wildman–Crippen MR) is 156 cm³/mol. The SMILES string of the molecule is COc1ccc2c(O[C@@H]3CC4C(=O)N[C@]5(C(=O)NS(=O)(=O)C6CC6)C[C@H]5/C=C\CCCCOC(=O)N4C3)nc(Cl)cc2c1. The van der Waals surface area contributed by atoms with E-state index in [0.717, 1.165) is 11.8 Å². The van der Waals surface area contributed by atoms with Gasteiger partial charge in [-0.3, -0.25) is 19.2 Å². The third-order valence-corrected chi connectivity index (χ3v) is 10.4. The van der Waals surface area contributed by atoms with Crippen LogP contribution in [0.2, 0.25) is 5.15 Å². The highest BCUT2D eigenvalue weighted by Crippen LogP contribution is 2.46. The van der Waals surface area contributed by atoms with Crippen LogP contribution in [0.5, 0.6) is 11.6 Å². The van der Waals surface area contributed by atoms with Crippen LogP contribution in [-0.4, -0.2) is 79.4 Å². The van der Waals surface area contributed by atoms with Crippen molar-refractivity contribution in [2.75, 3.05) is 20.3 Å². The Morgan fingerprint density at radius 1 is 1.23 bits per heavy atom. The number of carbonyl (C=O) groups excluding carboxylic acids is 3. The lowest BCUT2D eigenvalue weighted by molar-refractivity contribution is -0.131. The second-order valence-corrected chi connectivity index (χ2v) is 13.8. The predicted octanol–water partition coefficient (Wildman–Crippen LogP) is 3.08. The zero-order valence-corrected chi connectivity index (χ0v) is 25.2. The van der Waals surface area contributed by atoms with Crippen LogP contribution in [0.1, 0.15) is 44.9 Å². The van der Waals surface area contributed by atoms with Gasteiger partial charge in [0.05, 0.1) is 25.5 Å². The molecule has 4 atom stereocenters. The van der Waals surface area contributed by atoms with E-state index < -0.39 is 50.9 Å². The fourth-order valence-electron chi connectivity index (χ4n) is 5.71. The van der Waals surface area contributed by atoms with Crippen LogP contribution in [0, 0.1) is 5.92 Å². The van der Waals surface area contributed by atoms with Gasteiger partial charge in [-0.2, -0.15) is 0 Å². The van der Waals surface area contributed by atoms with Gasteiger partial charge < -0.3 is 19.5 Å². The van der Waals surface area contributed by atoms with Gasteiger partial charge in [-0.25, -0.2) is 18.2 Å². The molecule has 2 aromatic rings. The van der Waals surface area contributed by atoms with Crippen molar-refractivity contribution in [2.24, 2.45) is 5.92 Å². The monoisotopic (exact) mass is 632 g/mol. The van der Waals surface area contributed by atoms with Gasteiger partial charge in [0.2, 0.25) is 21.8 Å². The van der Waals surface area contributed by atoms with Gasteiger partial charge in [-0.15, -0.1) is 0 Å². The summed E-state index contributed by atoms with van der Waals surface area (Å²) in [5.74, 6) is -0.860. The quantitative estimate of drug-likeness (QED) is 0.361. The number of fused-ring (bicyclic) bond motifs is 3. The van der Waals surface area contributed by atoms with Crippen LogP contribution in [0.3, 0.4) is 0 Å². The summed E-state index contributed by atoms with van der Waals surface area (Å²) in [7, 11) is -2.27. The maximum atomic E-state index is 13.8. The highest BCUT2D eigenvalue weighted by Gasteiger charge is 2.62. The van der Waals surface area contributed by atoms with E-state index in [4.69, 9.17) is 25.8 Å².